The average Bonchev–Trinajstić information content (AvgIpc) is 2.73. The molecule has 0 aromatic carbocycles. The standard InChI is InChI=1S/C15H29N3/c1-3-4-5-6-7-8-9-10-11-18-14(2)17-13-15(18)12-16/h13H,3-12,16H2,1-2H3. The maximum absolute atomic E-state index is 5.70. The largest absolute Gasteiger partial charge is 0.331 e. The van der Waals surface area contributed by atoms with E-state index in [0.29, 0.717) is 6.54 Å². The normalized spacial score (nSPS) is 11.1. The van der Waals surface area contributed by atoms with Crippen molar-refractivity contribution in [1.82, 2.24) is 9.55 Å². The lowest BCUT2D eigenvalue weighted by atomic mass is 10.1. The van der Waals surface area contributed by atoms with Gasteiger partial charge in [-0.1, -0.05) is 51.9 Å². The van der Waals surface area contributed by atoms with Gasteiger partial charge in [0.05, 0.1) is 5.69 Å². The van der Waals surface area contributed by atoms with E-state index >= 15 is 0 Å². The second-order valence-corrected chi connectivity index (χ2v) is 5.13. The predicted octanol–water partition coefficient (Wildman–Crippen LogP) is 3.79. The van der Waals surface area contributed by atoms with Crippen LogP contribution in [-0.2, 0) is 13.1 Å². The molecule has 0 fully saturated rings. The minimum atomic E-state index is 0.595. The van der Waals surface area contributed by atoms with E-state index in [1.165, 1.54) is 51.4 Å². The molecule has 0 saturated heterocycles. The number of hydrogen-bond acceptors (Lipinski definition) is 2. The molecule has 0 atom stereocenters. The molecule has 104 valence electrons. The summed E-state index contributed by atoms with van der Waals surface area (Å²) in [4.78, 5) is 4.32. The van der Waals surface area contributed by atoms with Crippen LogP contribution in [0.2, 0.25) is 0 Å². The van der Waals surface area contributed by atoms with Gasteiger partial charge in [0.2, 0.25) is 0 Å². The topological polar surface area (TPSA) is 43.8 Å². The third kappa shape index (κ3) is 5.21. The molecular formula is C15H29N3. The van der Waals surface area contributed by atoms with Gasteiger partial charge in [0.1, 0.15) is 5.82 Å². The first-order chi connectivity index (χ1) is 8.79. The molecule has 1 rings (SSSR count). The first-order valence-corrected chi connectivity index (χ1v) is 7.50. The van der Waals surface area contributed by atoms with Crippen molar-refractivity contribution in [3.8, 4) is 0 Å². The van der Waals surface area contributed by atoms with Gasteiger partial charge in [0.15, 0.2) is 0 Å². The molecule has 0 aliphatic carbocycles. The van der Waals surface area contributed by atoms with E-state index in [2.05, 4.69) is 23.4 Å². The number of hydrogen-bond donors (Lipinski definition) is 1. The molecule has 2 N–H and O–H groups in total. The maximum Gasteiger partial charge on any atom is 0.105 e. The highest BCUT2D eigenvalue weighted by atomic mass is 15.1. The van der Waals surface area contributed by atoms with E-state index < -0.39 is 0 Å². The van der Waals surface area contributed by atoms with Crippen molar-refractivity contribution in [1.29, 1.82) is 0 Å². The Morgan fingerprint density at radius 3 is 2.28 bits per heavy atom. The number of aryl methyl sites for hydroxylation is 1. The Hall–Kier alpha value is -0.830. The molecule has 0 unspecified atom stereocenters. The summed E-state index contributed by atoms with van der Waals surface area (Å²) in [6.07, 6.45) is 12.8. The van der Waals surface area contributed by atoms with Gasteiger partial charge < -0.3 is 10.3 Å². The first kappa shape index (κ1) is 15.2. The van der Waals surface area contributed by atoms with Crippen LogP contribution in [0.4, 0.5) is 0 Å². The number of imidazole rings is 1. The third-order valence-electron chi connectivity index (χ3n) is 3.58. The third-order valence-corrected chi connectivity index (χ3v) is 3.58. The van der Waals surface area contributed by atoms with E-state index in [4.69, 9.17) is 5.73 Å². The van der Waals surface area contributed by atoms with Crippen LogP contribution in [0.3, 0.4) is 0 Å². The van der Waals surface area contributed by atoms with Crippen LogP contribution in [0.5, 0.6) is 0 Å². The number of aromatic nitrogens is 2. The van der Waals surface area contributed by atoms with E-state index in [0.717, 1.165) is 18.1 Å². The molecule has 0 aliphatic rings. The molecule has 0 bridgehead atoms. The summed E-state index contributed by atoms with van der Waals surface area (Å²) in [6.45, 7) is 6.00. The monoisotopic (exact) mass is 251 g/mol. The first-order valence-electron chi connectivity index (χ1n) is 7.50. The Labute approximate surface area is 112 Å². The van der Waals surface area contributed by atoms with E-state index in [1.54, 1.807) is 0 Å². The lowest BCUT2D eigenvalue weighted by Crippen LogP contribution is -2.09. The number of nitrogens with zero attached hydrogens (tertiary/aromatic N) is 2. The number of nitrogens with two attached hydrogens (primary N) is 1. The molecule has 0 amide bonds. The zero-order valence-corrected chi connectivity index (χ0v) is 12.1. The van der Waals surface area contributed by atoms with Crippen molar-refractivity contribution in [2.75, 3.05) is 0 Å². The van der Waals surface area contributed by atoms with E-state index in [9.17, 15) is 0 Å². The molecule has 3 nitrogen and oxygen atoms in total. The summed E-state index contributed by atoms with van der Waals surface area (Å²) in [7, 11) is 0. The SMILES string of the molecule is CCCCCCCCCCn1c(CN)cnc1C. The van der Waals surface area contributed by atoms with Gasteiger partial charge in [-0.2, -0.15) is 0 Å². The predicted molar refractivity (Wildman–Crippen MR) is 77.5 cm³/mol. The van der Waals surface area contributed by atoms with Crippen LogP contribution >= 0.6 is 0 Å². The van der Waals surface area contributed by atoms with Crippen molar-refractivity contribution in [3.63, 3.8) is 0 Å². The summed E-state index contributed by atoms with van der Waals surface area (Å²) in [5, 5.41) is 0. The Morgan fingerprint density at radius 2 is 1.67 bits per heavy atom. The average molecular weight is 251 g/mol. The molecule has 18 heavy (non-hydrogen) atoms. The van der Waals surface area contributed by atoms with E-state index in [-0.39, 0.29) is 0 Å². The minimum Gasteiger partial charge on any atom is -0.331 e. The van der Waals surface area contributed by atoms with Crippen LogP contribution in [0.1, 0.15) is 69.8 Å². The van der Waals surface area contributed by atoms with Crippen LogP contribution in [0.25, 0.3) is 0 Å². The van der Waals surface area contributed by atoms with Crippen LogP contribution in [0, 0.1) is 6.92 Å². The van der Waals surface area contributed by atoms with Crippen molar-refractivity contribution in [2.24, 2.45) is 5.73 Å². The van der Waals surface area contributed by atoms with Crippen molar-refractivity contribution >= 4 is 0 Å². The summed E-state index contributed by atoms with van der Waals surface area (Å²) in [5.41, 5.74) is 6.86. The molecule has 0 spiro atoms. The molecule has 1 heterocycles. The highest BCUT2D eigenvalue weighted by Gasteiger charge is 2.03. The van der Waals surface area contributed by atoms with Crippen molar-refractivity contribution in [3.05, 3.63) is 17.7 Å². The Balaban J connectivity index is 2.08. The van der Waals surface area contributed by atoms with Gasteiger partial charge in [-0.15, -0.1) is 0 Å². The fourth-order valence-electron chi connectivity index (χ4n) is 2.39. The molecular weight excluding hydrogens is 222 g/mol. The smallest absolute Gasteiger partial charge is 0.105 e. The fraction of sp³-hybridized carbons (Fsp3) is 0.800. The Bertz CT molecular complexity index is 318. The zero-order chi connectivity index (χ0) is 13.2. The fourth-order valence-corrected chi connectivity index (χ4v) is 2.39. The maximum atomic E-state index is 5.70. The minimum absolute atomic E-state index is 0.595. The van der Waals surface area contributed by atoms with Gasteiger partial charge in [0, 0.05) is 19.3 Å². The van der Waals surface area contributed by atoms with Gasteiger partial charge in [-0.3, -0.25) is 0 Å². The summed E-state index contributed by atoms with van der Waals surface area (Å²) < 4.78 is 2.26. The summed E-state index contributed by atoms with van der Waals surface area (Å²) in [5.74, 6) is 1.10. The summed E-state index contributed by atoms with van der Waals surface area (Å²) >= 11 is 0. The quantitative estimate of drug-likeness (QED) is 0.643. The highest BCUT2D eigenvalue weighted by Crippen LogP contribution is 2.11. The second kappa shape index (κ2) is 9.15. The number of unbranched alkanes of at least 4 members (excludes halogenated alkanes) is 7. The van der Waals surface area contributed by atoms with Gasteiger partial charge >= 0.3 is 0 Å². The summed E-state index contributed by atoms with van der Waals surface area (Å²) in [6, 6.07) is 0. The Kier molecular flexibility index (Phi) is 7.74. The zero-order valence-electron chi connectivity index (χ0n) is 12.1. The van der Waals surface area contributed by atoms with E-state index in [1.807, 2.05) is 6.20 Å². The highest BCUT2D eigenvalue weighted by molar-refractivity contribution is 5.03. The molecule has 0 aliphatic heterocycles. The molecule has 0 saturated carbocycles. The van der Waals surface area contributed by atoms with Gasteiger partial charge in [-0.05, 0) is 13.3 Å². The molecule has 3 heteroatoms. The second-order valence-electron chi connectivity index (χ2n) is 5.13. The number of rotatable bonds is 10. The van der Waals surface area contributed by atoms with Crippen LogP contribution in [-0.4, -0.2) is 9.55 Å². The van der Waals surface area contributed by atoms with Crippen LogP contribution < -0.4 is 5.73 Å². The van der Waals surface area contributed by atoms with Gasteiger partial charge in [-0.25, -0.2) is 4.98 Å². The lowest BCUT2D eigenvalue weighted by molar-refractivity contribution is 0.531. The van der Waals surface area contributed by atoms with Crippen molar-refractivity contribution in [2.45, 2.75) is 78.3 Å². The molecule has 0 radical (unpaired) electrons. The van der Waals surface area contributed by atoms with Crippen LogP contribution in [0.15, 0.2) is 6.20 Å². The molecule has 1 aromatic rings. The van der Waals surface area contributed by atoms with Gasteiger partial charge in [0.25, 0.3) is 0 Å². The Morgan fingerprint density at radius 1 is 1.06 bits per heavy atom. The molecule has 1 aromatic heterocycles. The van der Waals surface area contributed by atoms with Crippen molar-refractivity contribution < 1.29 is 0 Å². The lowest BCUT2D eigenvalue weighted by Gasteiger charge is -2.08.